The SMILES string of the molecule is Cn1nc(C(F)(F)F)cc1CC1(O)CC1. The van der Waals surface area contributed by atoms with Crippen molar-refractivity contribution in [1.29, 1.82) is 0 Å². The zero-order valence-electron chi connectivity index (χ0n) is 8.17. The molecule has 1 heterocycles. The first-order chi connectivity index (χ1) is 6.80. The van der Waals surface area contributed by atoms with E-state index >= 15 is 0 Å². The Kier molecular flexibility index (Phi) is 2.08. The molecule has 1 fully saturated rings. The van der Waals surface area contributed by atoms with Crippen molar-refractivity contribution in [2.24, 2.45) is 7.05 Å². The Morgan fingerprint density at radius 2 is 2.13 bits per heavy atom. The molecule has 1 N–H and O–H groups in total. The van der Waals surface area contributed by atoms with Crippen molar-refractivity contribution in [2.45, 2.75) is 31.0 Å². The van der Waals surface area contributed by atoms with Gasteiger partial charge in [-0.1, -0.05) is 0 Å². The van der Waals surface area contributed by atoms with E-state index < -0.39 is 17.5 Å². The molecule has 0 atom stereocenters. The molecule has 0 radical (unpaired) electrons. The topological polar surface area (TPSA) is 38.0 Å². The van der Waals surface area contributed by atoms with E-state index in [-0.39, 0.29) is 6.42 Å². The van der Waals surface area contributed by atoms with E-state index in [1.165, 1.54) is 11.7 Å². The fourth-order valence-electron chi connectivity index (χ4n) is 1.47. The van der Waals surface area contributed by atoms with Crippen molar-refractivity contribution in [3.8, 4) is 0 Å². The number of halogens is 3. The summed E-state index contributed by atoms with van der Waals surface area (Å²) in [6.07, 6.45) is -2.87. The molecule has 0 bridgehead atoms. The van der Waals surface area contributed by atoms with Gasteiger partial charge in [0.15, 0.2) is 5.69 Å². The lowest BCUT2D eigenvalue weighted by atomic mass is 10.1. The maximum atomic E-state index is 12.3. The molecule has 0 aliphatic heterocycles. The van der Waals surface area contributed by atoms with Crippen molar-refractivity contribution in [3.05, 3.63) is 17.5 Å². The van der Waals surface area contributed by atoms with Crippen LogP contribution in [0.4, 0.5) is 13.2 Å². The monoisotopic (exact) mass is 220 g/mol. The number of nitrogens with zero attached hydrogens (tertiary/aromatic N) is 2. The van der Waals surface area contributed by atoms with Crippen LogP contribution in [0.15, 0.2) is 6.07 Å². The third-order valence-corrected chi connectivity index (χ3v) is 2.60. The van der Waals surface area contributed by atoms with E-state index in [2.05, 4.69) is 5.10 Å². The molecule has 1 aromatic rings. The van der Waals surface area contributed by atoms with Crippen LogP contribution in [0.1, 0.15) is 24.2 Å². The summed E-state index contributed by atoms with van der Waals surface area (Å²) in [5.74, 6) is 0. The average Bonchev–Trinajstić information content (AvgIpc) is 2.67. The van der Waals surface area contributed by atoms with Gasteiger partial charge in [-0.2, -0.15) is 18.3 Å². The third-order valence-electron chi connectivity index (χ3n) is 2.60. The normalized spacial score (nSPS) is 19.3. The summed E-state index contributed by atoms with van der Waals surface area (Å²) in [7, 11) is 1.45. The minimum absolute atomic E-state index is 0.243. The molecule has 1 aliphatic carbocycles. The standard InChI is InChI=1S/C9H11F3N2O/c1-14-6(5-8(15)2-3-8)4-7(13-14)9(10,11)12/h4,15H,2-3,5H2,1H3. The highest BCUT2D eigenvalue weighted by atomic mass is 19.4. The summed E-state index contributed by atoms with van der Waals surface area (Å²) in [4.78, 5) is 0. The predicted molar refractivity (Wildman–Crippen MR) is 46.1 cm³/mol. The van der Waals surface area contributed by atoms with Crippen LogP contribution in [-0.2, 0) is 19.6 Å². The summed E-state index contributed by atoms with van der Waals surface area (Å²) in [6.45, 7) is 0. The summed E-state index contributed by atoms with van der Waals surface area (Å²) in [6, 6.07) is 0.996. The van der Waals surface area contributed by atoms with Gasteiger partial charge in [-0.15, -0.1) is 0 Å². The van der Waals surface area contributed by atoms with Gasteiger partial charge in [-0.25, -0.2) is 0 Å². The van der Waals surface area contributed by atoms with E-state index in [9.17, 15) is 18.3 Å². The van der Waals surface area contributed by atoms with E-state index in [1.54, 1.807) is 0 Å². The maximum Gasteiger partial charge on any atom is 0.435 e. The van der Waals surface area contributed by atoms with E-state index in [0.717, 1.165) is 6.07 Å². The second kappa shape index (κ2) is 2.98. The molecule has 1 aromatic heterocycles. The molecule has 84 valence electrons. The first kappa shape index (κ1) is 10.5. The summed E-state index contributed by atoms with van der Waals surface area (Å²) >= 11 is 0. The Labute approximate surface area is 84.5 Å². The van der Waals surface area contributed by atoms with Gasteiger partial charge in [0.05, 0.1) is 5.60 Å². The van der Waals surface area contributed by atoms with Gasteiger partial charge < -0.3 is 5.11 Å². The molecule has 0 spiro atoms. The number of aliphatic hydroxyl groups is 1. The zero-order valence-corrected chi connectivity index (χ0v) is 8.17. The van der Waals surface area contributed by atoms with Crippen LogP contribution in [0.5, 0.6) is 0 Å². The lowest BCUT2D eigenvalue weighted by molar-refractivity contribution is -0.141. The third kappa shape index (κ3) is 2.14. The van der Waals surface area contributed by atoms with Crippen LogP contribution in [0, 0.1) is 0 Å². The van der Waals surface area contributed by atoms with E-state index in [1.807, 2.05) is 0 Å². The van der Waals surface area contributed by atoms with Gasteiger partial charge in [0.1, 0.15) is 0 Å². The van der Waals surface area contributed by atoms with Crippen LogP contribution < -0.4 is 0 Å². The first-order valence-corrected chi connectivity index (χ1v) is 4.63. The predicted octanol–water partition coefficient (Wildman–Crippen LogP) is 1.51. The number of aryl methyl sites for hydroxylation is 1. The second-order valence-electron chi connectivity index (χ2n) is 4.04. The van der Waals surface area contributed by atoms with Gasteiger partial charge in [0.2, 0.25) is 0 Å². The zero-order chi connectivity index (χ0) is 11.3. The Morgan fingerprint density at radius 1 is 1.53 bits per heavy atom. The molecule has 0 unspecified atom stereocenters. The van der Waals surface area contributed by atoms with Crippen molar-refractivity contribution >= 4 is 0 Å². The Hall–Kier alpha value is -1.04. The number of hydrogen-bond acceptors (Lipinski definition) is 2. The number of rotatable bonds is 2. The van der Waals surface area contributed by atoms with E-state index in [0.29, 0.717) is 18.5 Å². The molecule has 0 saturated heterocycles. The van der Waals surface area contributed by atoms with Gasteiger partial charge in [0.25, 0.3) is 0 Å². The molecule has 2 rings (SSSR count). The first-order valence-electron chi connectivity index (χ1n) is 4.63. The highest BCUT2D eigenvalue weighted by Gasteiger charge is 2.42. The maximum absolute atomic E-state index is 12.3. The van der Waals surface area contributed by atoms with E-state index in [4.69, 9.17) is 0 Å². The molecule has 0 aromatic carbocycles. The molecule has 0 amide bonds. The van der Waals surface area contributed by atoms with Crippen molar-refractivity contribution < 1.29 is 18.3 Å². The summed E-state index contributed by atoms with van der Waals surface area (Å²) in [5, 5.41) is 13.0. The van der Waals surface area contributed by atoms with Gasteiger partial charge in [-0.05, 0) is 18.9 Å². The summed E-state index contributed by atoms with van der Waals surface area (Å²) < 4.78 is 38.1. The lowest BCUT2D eigenvalue weighted by Crippen LogP contribution is -2.13. The molecule has 1 saturated carbocycles. The Balaban J connectivity index is 2.22. The smallest absolute Gasteiger partial charge is 0.389 e. The minimum Gasteiger partial charge on any atom is -0.389 e. The molecule has 15 heavy (non-hydrogen) atoms. The Morgan fingerprint density at radius 3 is 2.53 bits per heavy atom. The second-order valence-corrected chi connectivity index (χ2v) is 4.04. The molecular weight excluding hydrogens is 209 g/mol. The lowest BCUT2D eigenvalue weighted by Gasteiger charge is -2.06. The van der Waals surface area contributed by atoms with Crippen molar-refractivity contribution in [3.63, 3.8) is 0 Å². The fraction of sp³-hybridized carbons (Fsp3) is 0.667. The van der Waals surface area contributed by atoms with Crippen LogP contribution in [0.3, 0.4) is 0 Å². The average molecular weight is 220 g/mol. The van der Waals surface area contributed by atoms with Crippen molar-refractivity contribution in [2.75, 3.05) is 0 Å². The molecule has 1 aliphatic rings. The largest absolute Gasteiger partial charge is 0.435 e. The highest BCUT2D eigenvalue weighted by Crippen LogP contribution is 2.39. The number of hydrogen-bond donors (Lipinski definition) is 1. The van der Waals surface area contributed by atoms with Crippen LogP contribution in [0.25, 0.3) is 0 Å². The molecular formula is C9H11F3N2O. The van der Waals surface area contributed by atoms with Crippen LogP contribution >= 0.6 is 0 Å². The minimum atomic E-state index is -4.41. The fourth-order valence-corrected chi connectivity index (χ4v) is 1.47. The van der Waals surface area contributed by atoms with Crippen LogP contribution in [0.2, 0.25) is 0 Å². The molecule has 6 heteroatoms. The Bertz CT molecular complexity index is 379. The highest BCUT2D eigenvalue weighted by molar-refractivity contribution is 5.17. The quantitative estimate of drug-likeness (QED) is 0.820. The molecule has 3 nitrogen and oxygen atoms in total. The van der Waals surface area contributed by atoms with Gasteiger partial charge in [-0.3, -0.25) is 4.68 Å². The van der Waals surface area contributed by atoms with Crippen molar-refractivity contribution in [1.82, 2.24) is 9.78 Å². The van der Waals surface area contributed by atoms with Crippen LogP contribution in [-0.4, -0.2) is 20.5 Å². The van der Waals surface area contributed by atoms with Gasteiger partial charge in [0, 0.05) is 19.2 Å². The number of alkyl halides is 3. The summed E-state index contributed by atoms with van der Waals surface area (Å²) in [5.41, 5.74) is -1.28. The van der Waals surface area contributed by atoms with Gasteiger partial charge >= 0.3 is 6.18 Å². The number of aromatic nitrogens is 2.